The molecule has 1 unspecified atom stereocenters. The molecule has 1 heterocycles. The fraction of sp³-hybridized carbons (Fsp3) is 0.900. The first-order chi connectivity index (χ1) is 6.52. The van der Waals surface area contributed by atoms with Crippen molar-refractivity contribution >= 4 is 5.91 Å². The molecule has 82 valence electrons. The number of carbonyl (C=O) groups is 1. The molecule has 1 aliphatic heterocycles. The summed E-state index contributed by atoms with van der Waals surface area (Å²) >= 11 is 0. The van der Waals surface area contributed by atoms with Gasteiger partial charge < -0.3 is 15.4 Å². The second-order valence-electron chi connectivity index (χ2n) is 4.44. The third-order valence-corrected chi connectivity index (χ3v) is 2.34. The first kappa shape index (κ1) is 11.5. The molecule has 0 aromatic heterocycles. The summed E-state index contributed by atoms with van der Waals surface area (Å²) in [7, 11) is 0. The van der Waals surface area contributed by atoms with Gasteiger partial charge in [-0.05, 0) is 27.2 Å². The summed E-state index contributed by atoms with van der Waals surface area (Å²) in [5.74, 6) is 0.0492. The largest absolute Gasteiger partial charge is 0.379 e. The quantitative estimate of drug-likeness (QED) is 0.685. The Balaban J connectivity index is 2.22. The van der Waals surface area contributed by atoms with Gasteiger partial charge in [-0.2, -0.15) is 0 Å². The highest BCUT2D eigenvalue weighted by Gasteiger charge is 2.29. The molecule has 4 nitrogen and oxygen atoms in total. The lowest BCUT2D eigenvalue weighted by molar-refractivity contribution is -0.121. The highest BCUT2D eigenvalue weighted by Crippen LogP contribution is 2.16. The fourth-order valence-electron chi connectivity index (χ4n) is 1.47. The van der Waals surface area contributed by atoms with E-state index in [9.17, 15) is 4.79 Å². The van der Waals surface area contributed by atoms with E-state index in [0.717, 1.165) is 13.0 Å². The van der Waals surface area contributed by atoms with Crippen LogP contribution in [0.2, 0.25) is 0 Å². The number of nitrogens with one attached hydrogen (secondary N) is 2. The van der Waals surface area contributed by atoms with Crippen molar-refractivity contribution in [2.24, 2.45) is 0 Å². The maximum atomic E-state index is 11.3. The second-order valence-corrected chi connectivity index (χ2v) is 4.44. The summed E-state index contributed by atoms with van der Waals surface area (Å²) in [5.41, 5.74) is -0.0195. The molecule has 1 amide bonds. The molecule has 0 saturated carbocycles. The Morgan fingerprint density at radius 3 is 2.79 bits per heavy atom. The van der Waals surface area contributed by atoms with Crippen molar-refractivity contribution in [1.29, 1.82) is 0 Å². The average Bonchev–Trinajstić information content (AvgIpc) is 2.49. The first-order valence-electron chi connectivity index (χ1n) is 5.14. The van der Waals surface area contributed by atoms with E-state index in [1.807, 2.05) is 13.8 Å². The van der Waals surface area contributed by atoms with E-state index >= 15 is 0 Å². The summed E-state index contributed by atoms with van der Waals surface area (Å²) < 4.78 is 5.28. The third kappa shape index (κ3) is 3.64. The van der Waals surface area contributed by atoms with Crippen LogP contribution >= 0.6 is 0 Å². The molecule has 0 radical (unpaired) electrons. The number of carbonyl (C=O) groups excluding carboxylic acids is 1. The minimum Gasteiger partial charge on any atom is -0.379 e. The topological polar surface area (TPSA) is 50.4 Å². The van der Waals surface area contributed by atoms with Gasteiger partial charge in [0.15, 0.2) is 0 Å². The SMILES string of the molecule is CC(C)NC(=O)CNC1(C)CCOC1. The molecule has 1 saturated heterocycles. The van der Waals surface area contributed by atoms with Crippen LogP contribution in [0.15, 0.2) is 0 Å². The molecule has 0 aromatic rings. The van der Waals surface area contributed by atoms with Crippen molar-refractivity contribution in [3.05, 3.63) is 0 Å². The van der Waals surface area contributed by atoms with Crippen LogP contribution in [0.1, 0.15) is 27.2 Å². The molecule has 4 heteroatoms. The highest BCUT2D eigenvalue weighted by atomic mass is 16.5. The smallest absolute Gasteiger partial charge is 0.234 e. The Morgan fingerprint density at radius 1 is 1.57 bits per heavy atom. The standard InChI is InChI=1S/C10H20N2O2/c1-8(2)12-9(13)6-11-10(3)4-5-14-7-10/h8,11H,4-7H2,1-3H3,(H,12,13). The summed E-state index contributed by atoms with van der Waals surface area (Å²) in [6.45, 7) is 7.86. The summed E-state index contributed by atoms with van der Waals surface area (Å²) in [6.07, 6.45) is 0.974. The molecule has 0 bridgehead atoms. The Kier molecular flexibility index (Phi) is 3.89. The number of amides is 1. The van der Waals surface area contributed by atoms with Gasteiger partial charge in [0, 0.05) is 18.2 Å². The minimum atomic E-state index is -0.0195. The Labute approximate surface area is 85.4 Å². The third-order valence-electron chi connectivity index (χ3n) is 2.34. The maximum absolute atomic E-state index is 11.3. The van der Waals surface area contributed by atoms with E-state index in [1.165, 1.54) is 0 Å². The van der Waals surface area contributed by atoms with Crippen LogP contribution in [0.5, 0.6) is 0 Å². The monoisotopic (exact) mass is 200 g/mol. The normalized spacial score (nSPS) is 26.9. The van der Waals surface area contributed by atoms with E-state index < -0.39 is 0 Å². The summed E-state index contributed by atoms with van der Waals surface area (Å²) in [5, 5.41) is 6.07. The van der Waals surface area contributed by atoms with Crippen molar-refractivity contribution < 1.29 is 9.53 Å². The fourth-order valence-corrected chi connectivity index (χ4v) is 1.47. The average molecular weight is 200 g/mol. The van der Waals surface area contributed by atoms with Gasteiger partial charge in [0.05, 0.1) is 13.2 Å². The van der Waals surface area contributed by atoms with Crippen LogP contribution in [-0.4, -0.2) is 37.2 Å². The summed E-state index contributed by atoms with van der Waals surface area (Å²) in [4.78, 5) is 11.3. The molecular formula is C10H20N2O2. The van der Waals surface area contributed by atoms with Crippen molar-refractivity contribution in [3.8, 4) is 0 Å². The van der Waals surface area contributed by atoms with E-state index in [-0.39, 0.29) is 17.5 Å². The molecule has 1 aliphatic rings. The van der Waals surface area contributed by atoms with Crippen LogP contribution in [0, 0.1) is 0 Å². The van der Waals surface area contributed by atoms with Gasteiger partial charge in [-0.3, -0.25) is 4.79 Å². The van der Waals surface area contributed by atoms with Crippen molar-refractivity contribution in [2.45, 2.75) is 38.8 Å². The zero-order valence-electron chi connectivity index (χ0n) is 9.22. The first-order valence-corrected chi connectivity index (χ1v) is 5.14. The van der Waals surface area contributed by atoms with Gasteiger partial charge >= 0.3 is 0 Å². The van der Waals surface area contributed by atoms with Crippen LogP contribution in [-0.2, 0) is 9.53 Å². The minimum absolute atomic E-state index is 0.0195. The number of hydrogen-bond donors (Lipinski definition) is 2. The highest BCUT2D eigenvalue weighted by molar-refractivity contribution is 5.78. The lowest BCUT2D eigenvalue weighted by Crippen LogP contribution is -2.48. The van der Waals surface area contributed by atoms with Crippen molar-refractivity contribution in [1.82, 2.24) is 10.6 Å². The molecular weight excluding hydrogens is 180 g/mol. The Bertz CT molecular complexity index is 198. The number of hydrogen-bond acceptors (Lipinski definition) is 3. The lowest BCUT2D eigenvalue weighted by Gasteiger charge is -2.23. The number of rotatable bonds is 4. The molecule has 1 rings (SSSR count). The second kappa shape index (κ2) is 4.75. The van der Waals surface area contributed by atoms with Crippen molar-refractivity contribution in [3.63, 3.8) is 0 Å². The van der Waals surface area contributed by atoms with E-state index in [1.54, 1.807) is 0 Å². The van der Waals surface area contributed by atoms with Crippen LogP contribution < -0.4 is 10.6 Å². The van der Waals surface area contributed by atoms with Crippen molar-refractivity contribution in [2.75, 3.05) is 19.8 Å². The molecule has 0 spiro atoms. The van der Waals surface area contributed by atoms with E-state index in [4.69, 9.17) is 4.74 Å². The maximum Gasteiger partial charge on any atom is 0.234 e. The zero-order valence-corrected chi connectivity index (χ0v) is 9.22. The van der Waals surface area contributed by atoms with Gasteiger partial charge in [-0.25, -0.2) is 0 Å². The number of ether oxygens (including phenoxy) is 1. The predicted octanol–water partition coefficient (Wildman–Crippen LogP) is 0.280. The molecule has 14 heavy (non-hydrogen) atoms. The van der Waals surface area contributed by atoms with Gasteiger partial charge in [-0.15, -0.1) is 0 Å². The van der Waals surface area contributed by atoms with E-state index in [0.29, 0.717) is 13.2 Å². The van der Waals surface area contributed by atoms with Crippen LogP contribution in [0.4, 0.5) is 0 Å². The molecule has 1 fully saturated rings. The van der Waals surface area contributed by atoms with Crippen LogP contribution in [0.25, 0.3) is 0 Å². The summed E-state index contributed by atoms with van der Waals surface area (Å²) in [6, 6.07) is 0.205. The van der Waals surface area contributed by atoms with Gasteiger partial charge in [0.25, 0.3) is 0 Å². The predicted molar refractivity (Wildman–Crippen MR) is 55.1 cm³/mol. The lowest BCUT2D eigenvalue weighted by atomic mass is 10.0. The van der Waals surface area contributed by atoms with Crippen LogP contribution in [0.3, 0.4) is 0 Å². The Morgan fingerprint density at radius 2 is 2.29 bits per heavy atom. The van der Waals surface area contributed by atoms with Gasteiger partial charge in [-0.1, -0.05) is 0 Å². The molecule has 0 aliphatic carbocycles. The van der Waals surface area contributed by atoms with E-state index in [2.05, 4.69) is 17.6 Å². The zero-order chi connectivity index (χ0) is 10.6. The molecule has 2 N–H and O–H groups in total. The van der Waals surface area contributed by atoms with Gasteiger partial charge in [0.1, 0.15) is 0 Å². The Hall–Kier alpha value is -0.610. The molecule has 0 aromatic carbocycles. The van der Waals surface area contributed by atoms with Gasteiger partial charge in [0.2, 0.25) is 5.91 Å². The molecule has 1 atom stereocenters.